The molecule has 0 bridgehead atoms. The van der Waals surface area contributed by atoms with E-state index in [0.717, 1.165) is 41.9 Å². The van der Waals surface area contributed by atoms with Gasteiger partial charge in [-0.1, -0.05) is 69.0 Å². The number of benzene rings is 2. The number of hydrogen-bond donors (Lipinski definition) is 0. The highest BCUT2D eigenvalue weighted by molar-refractivity contribution is 5.64. The summed E-state index contributed by atoms with van der Waals surface area (Å²) in [5.74, 6) is 0.805. The minimum absolute atomic E-state index is 0.139. The molecule has 0 heterocycles. The summed E-state index contributed by atoms with van der Waals surface area (Å²) in [6, 6.07) is 10.8. The van der Waals surface area contributed by atoms with Gasteiger partial charge in [0.2, 0.25) is 0 Å². The predicted octanol–water partition coefficient (Wildman–Crippen LogP) is 8.99. The summed E-state index contributed by atoms with van der Waals surface area (Å²) < 4.78 is 29.4. The first-order valence-corrected chi connectivity index (χ1v) is 11.8. The van der Waals surface area contributed by atoms with Gasteiger partial charge < -0.3 is 0 Å². The van der Waals surface area contributed by atoms with Crippen LogP contribution in [0.3, 0.4) is 0 Å². The third kappa shape index (κ3) is 6.03. The molecule has 3 rings (SSSR count). The summed E-state index contributed by atoms with van der Waals surface area (Å²) in [5, 5.41) is 0. The molecule has 0 radical (unpaired) electrons. The second-order valence-corrected chi connectivity index (χ2v) is 8.86. The molecule has 0 spiro atoms. The zero-order valence-electron chi connectivity index (χ0n) is 18.6. The monoisotopic (exact) mass is 410 g/mol. The summed E-state index contributed by atoms with van der Waals surface area (Å²) in [5.41, 5.74) is 3.05. The van der Waals surface area contributed by atoms with Crippen molar-refractivity contribution in [1.82, 2.24) is 0 Å². The van der Waals surface area contributed by atoms with E-state index >= 15 is 0 Å². The van der Waals surface area contributed by atoms with Crippen molar-refractivity contribution in [2.45, 2.75) is 84.0 Å². The number of rotatable bonds is 9. The molecular weight excluding hydrogens is 374 g/mol. The van der Waals surface area contributed by atoms with E-state index in [1.54, 1.807) is 12.1 Å². The lowest BCUT2D eigenvalue weighted by Gasteiger charge is -2.29. The molecular formula is C28H36F2. The first-order valence-electron chi connectivity index (χ1n) is 11.8. The van der Waals surface area contributed by atoms with Crippen LogP contribution in [-0.4, -0.2) is 0 Å². The highest BCUT2D eigenvalue weighted by Crippen LogP contribution is 2.39. The minimum Gasteiger partial charge on any atom is -0.207 e. The Hall–Kier alpha value is -1.96. The third-order valence-corrected chi connectivity index (χ3v) is 6.71. The SMILES string of the molecule is C/C=C/CCc1ccc(-c2ccc(C3CCC(CCCCC)CC3)c(F)c2)cc1F. The summed E-state index contributed by atoms with van der Waals surface area (Å²) in [6.07, 6.45) is 15.4. The molecule has 0 N–H and O–H groups in total. The van der Waals surface area contributed by atoms with Crippen molar-refractivity contribution in [3.05, 3.63) is 71.3 Å². The Balaban J connectivity index is 1.64. The van der Waals surface area contributed by atoms with E-state index in [1.807, 2.05) is 43.3 Å². The van der Waals surface area contributed by atoms with Crippen LogP contribution in [0.25, 0.3) is 11.1 Å². The van der Waals surface area contributed by atoms with Crippen molar-refractivity contribution in [3.63, 3.8) is 0 Å². The topological polar surface area (TPSA) is 0 Å². The van der Waals surface area contributed by atoms with Crippen LogP contribution in [-0.2, 0) is 6.42 Å². The molecule has 0 saturated heterocycles. The van der Waals surface area contributed by atoms with Crippen molar-refractivity contribution in [3.8, 4) is 11.1 Å². The normalized spacial score (nSPS) is 19.5. The fourth-order valence-electron chi connectivity index (χ4n) is 4.82. The van der Waals surface area contributed by atoms with Gasteiger partial charge in [-0.15, -0.1) is 0 Å². The molecule has 2 aromatic rings. The molecule has 1 aliphatic carbocycles. The predicted molar refractivity (Wildman–Crippen MR) is 124 cm³/mol. The highest BCUT2D eigenvalue weighted by Gasteiger charge is 2.24. The Morgan fingerprint density at radius 1 is 0.900 bits per heavy atom. The summed E-state index contributed by atoms with van der Waals surface area (Å²) in [4.78, 5) is 0. The lowest BCUT2D eigenvalue weighted by atomic mass is 9.76. The molecule has 0 unspecified atom stereocenters. The second kappa shape index (κ2) is 11.4. The van der Waals surface area contributed by atoms with Gasteiger partial charge in [-0.25, -0.2) is 8.78 Å². The zero-order chi connectivity index (χ0) is 21.3. The van der Waals surface area contributed by atoms with Gasteiger partial charge >= 0.3 is 0 Å². The molecule has 0 nitrogen and oxygen atoms in total. The fourth-order valence-corrected chi connectivity index (χ4v) is 4.82. The highest BCUT2D eigenvalue weighted by atomic mass is 19.1. The first kappa shape index (κ1) is 22.7. The Labute approximate surface area is 181 Å². The molecule has 1 saturated carbocycles. The second-order valence-electron chi connectivity index (χ2n) is 8.86. The molecule has 0 atom stereocenters. The molecule has 0 aromatic heterocycles. The largest absolute Gasteiger partial charge is 0.207 e. The van der Waals surface area contributed by atoms with Crippen LogP contribution < -0.4 is 0 Å². The molecule has 1 aliphatic rings. The van der Waals surface area contributed by atoms with Crippen LogP contribution in [0.15, 0.2) is 48.6 Å². The van der Waals surface area contributed by atoms with E-state index in [0.29, 0.717) is 17.9 Å². The van der Waals surface area contributed by atoms with E-state index < -0.39 is 0 Å². The minimum atomic E-state index is -0.206. The maximum Gasteiger partial charge on any atom is 0.127 e. The average molecular weight is 411 g/mol. The van der Waals surface area contributed by atoms with E-state index in [-0.39, 0.29) is 11.6 Å². The summed E-state index contributed by atoms with van der Waals surface area (Å²) in [6.45, 7) is 4.22. The first-order chi connectivity index (χ1) is 14.6. The number of allylic oxidation sites excluding steroid dienone is 2. The zero-order valence-corrected chi connectivity index (χ0v) is 18.6. The molecule has 2 heteroatoms. The van der Waals surface area contributed by atoms with Crippen LogP contribution in [0.1, 0.15) is 88.7 Å². The quantitative estimate of drug-likeness (QED) is 0.286. The third-order valence-electron chi connectivity index (χ3n) is 6.71. The van der Waals surface area contributed by atoms with Crippen LogP contribution in [0.4, 0.5) is 8.78 Å². The molecule has 30 heavy (non-hydrogen) atoms. The number of aryl methyl sites for hydroxylation is 1. The summed E-state index contributed by atoms with van der Waals surface area (Å²) >= 11 is 0. The molecule has 0 aliphatic heterocycles. The molecule has 0 amide bonds. The Bertz CT molecular complexity index is 829. The van der Waals surface area contributed by atoms with Gasteiger partial charge in [0, 0.05) is 0 Å². The number of unbranched alkanes of at least 4 members (excludes halogenated alkanes) is 2. The van der Waals surface area contributed by atoms with Gasteiger partial charge in [0.15, 0.2) is 0 Å². The van der Waals surface area contributed by atoms with Crippen molar-refractivity contribution in [1.29, 1.82) is 0 Å². The summed E-state index contributed by atoms with van der Waals surface area (Å²) in [7, 11) is 0. The maximum atomic E-state index is 14.9. The van der Waals surface area contributed by atoms with Gasteiger partial charge in [-0.05, 0) is 91.7 Å². The van der Waals surface area contributed by atoms with Crippen LogP contribution in [0.2, 0.25) is 0 Å². The van der Waals surface area contributed by atoms with Gasteiger partial charge in [0.25, 0.3) is 0 Å². The van der Waals surface area contributed by atoms with E-state index in [4.69, 9.17) is 0 Å². The standard InChI is InChI=1S/C28H36F2/c1-3-5-7-9-21-11-13-22(14-12-21)26-18-17-25(20-28(26)30)24-16-15-23(27(29)19-24)10-8-6-4-2/h4,6,15-22H,3,5,7-14H2,1-2H3/b6-4+. The number of hydrogen-bond acceptors (Lipinski definition) is 0. The van der Waals surface area contributed by atoms with Crippen molar-refractivity contribution < 1.29 is 8.78 Å². The smallest absolute Gasteiger partial charge is 0.127 e. The van der Waals surface area contributed by atoms with Gasteiger partial charge in [0.1, 0.15) is 11.6 Å². The van der Waals surface area contributed by atoms with Gasteiger partial charge in [-0.2, -0.15) is 0 Å². The van der Waals surface area contributed by atoms with E-state index in [1.165, 1.54) is 38.5 Å². The van der Waals surface area contributed by atoms with Crippen LogP contribution >= 0.6 is 0 Å². The van der Waals surface area contributed by atoms with Crippen LogP contribution in [0, 0.1) is 17.6 Å². The number of halogens is 2. The van der Waals surface area contributed by atoms with Crippen molar-refractivity contribution in [2.75, 3.05) is 0 Å². The van der Waals surface area contributed by atoms with Gasteiger partial charge in [0.05, 0.1) is 0 Å². The lowest BCUT2D eigenvalue weighted by molar-refractivity contribution is 0.299. The van der Waals surface area contributed by atoms with Crippen molar-refractivity contribution in [2.24, 2.45) is 5.92 Å². The Morgan fingerprint density at radius 3 is 2.23 bits per heavy atom. The molecule has 1 fully saturated rings. The molecule has 2 aromatic carbocycles. The van der Waals surface area contributed by atoms with E-state index in [9.17, 15) is 8.78 Å². The van der Waals surface area contributed by atoms with E-state index in [2.05, 4.69) is 6.92 Å². The maximum absolute atomic E-state index is 14.9. The lowest BCUT2D eigenvalue weighted by Crippen LogP contribution is -2.14. The fraction of sp³-hybridized carbons (Fsp3) is 0.500. The molecule has 162 valence electrons. The Morgan fingerprint density at radius 2 is 1.60 bits per heavy atom. The average Bonchev–Trinajstić information content (AvgIpc) is 2.76. The Kier molecular flexibility index (Phi) is 8.66. The van der Waals surface area contributed by atoms with Crippen LogP contribution in [0.5, 0.6) is 0 Å². The van der Waals surface area contributed by atoms with Crippen molar-refractivity contribution >= 4 is 0 Å². The van der Waals surface area contributed by atoms with Gasteiger partial charge in [-0.3, -0.25) is 0 Å².